The largest absolute Gasteiger partial charge is 0.384 e. The van der Waals surface area contributed by atoms with Crippen LogP contribution < -0.4 is 0 Å². The molecule has 0 radical (unpaired) electrons. The van der Waals surface area contributed by atoms with Gasteiger partial charge in [0.1, 0.15) is 17.7 Å². The molecule has 1 aromatic rings. The molecular formula is C17H22F3NO. The maximum atomic E-state index is 12.4. The van der Waals surface area contributed by atoms with E-state index in [0.717, 1.165) is 31.1 Å². The van der Waals surface area contributed by atoms with E-state index >= 15 is 0 Å². The Bertz CT molecular complexity index is 465. The fraction of sp³-hybridized carbons (Fsp3) is 0.588. The molecule has 0 unspecified atom stereocenters. The van der Waals surface area contributed by atoms with Crippen LogP contribution in [-0.2, 0) is 4.74 Å². The first-order chi connectivity index (χ1) is 10.6. The summed E-state index contributed by atoms with van der Waals surface area (Å²) in [6.07, 6.45) is 5.66. The summed E-state index contributed by atoms with van der Waals surface area (Å²) in [6, 6.07) is 4.41. The second-order valence-corrected chi connectivity index (χ2v) is 5.56. The van der Waals surface area contributed by atoms with Crippen LogP contribution in [0.1, 0.15) is 37.7 Å². The quantitative estimate of drug-likeness (QED) is 0.811. The Morgan fingerprint density at radius 2 is 1.82 bits per heavy atom. The summed E-state index contributed by atoms with van der Waals surface area (Å²) in [4.78, 5) is 0. The SMILES string of the molecule is COCC1CCC(CCF)CC1.N#Cc1ccc(F)cc1F. The summed E-state index contributed by atoms with van der Waals surface area (Å²) in [5, 5.41) is 8.20. The Morgan fingerprint density at radius 3 is 2.32 bits per heavy atom. The average Bonchev–Trinajstić information content (AvgIpc) is 2.51. The maximum absolute atomic E-state index is 12.4. The first-order valence-electron chi connectivity index (χ1n) is 7.50. The van der Waals surface area contributed by atoms with Gasteiger partial charge < -0.3 is 4.74 Å². The molecule has 0 bridgehead atoms. The molecule has 0 N–H and O–H groups in total. The molecule has 22 heavy (non-hydrogen) atoms. The van der Waals surface area contributed by atoms with E-state index in [1.807, 2.05) is 0 Å². The summed E-state index contributed by atoms with van der Waals surface area (Å²) in [7, 11) is 1.76. The minimum atomic E-state index is -0.817. The van der Waals surface area contributed by atoms with E-state index in [4.69, 9.17) is 10.00 Å². The molecule has 0 aromatic heterocycles. The zero-order valence-electron chi connectivity index (χ0n) is 12.8. The lowest BCUT2D eigenvalue weighted by Crippen LogP contribution is -2.18. The first-order valence-corrected chi connectivity index (χ1v) is 7.50. The molecule has 0 aliphatic heterocycles. The smallest absolute Gasteiger partial charge is 0.143 e. The average molecular weight is 313 g/mol. The van der Waals surface area contributed by atoms with Gasteiger partial charge >= 0.3 is 0 Å². The van der Waals surface area contributed by atoms with E-state index in [2.05, 4.69) is 0 Å². The van der Waals surface area contributed by atoms with Crippen LogP contribution in [0.2, 0.25) is 0 Å². The van der Waals surface area contributed by atoms with Crippen LogP contribution in [-0.4, -0.2) is 20.4 Å². The third kappa shape index (κ3) is 6.48. The highest BCUT2D eigenvalue weighted by molar-refractivity contribution is 5.30. The lowest BCUT2D eigenvalue weighted by atomic mass is 9.81. The van der Waals surface area contributed by atoms with Crippen molar-refractivity contribution in [1.82, 2.24) is 0 Å². The van der Waals surface area contributed by atoms with Crippen molar-refractivity contribution >= 4 is 0 Å². The van der Waals surface area contributed by atoms with Crippen LogP contribution in [0.25, 0.3) is 0 Å². The van der Waals surface area contributed by atoms with E-state index in [-0.39, 0.29) is 12.2 Å². The molecule has 2 nitrogen and oxygen atoms in total. The van der Waals surface area contributed by atoms with Crippen molar-refractivity contribution in [2.75, 3.05) is 20.4 Å². The summed E-state index contributed by atoms with van der Waals surface area (Å²) in [6.45, 7) is 0.752. The van der Waals surface area contributed by atoms with E-state index in [0.29, 0.717) is 12.0 Å². The molecule has 1 aliphatic carbocycles. The Kier molecular flexibility index (Phi) is 8.61. The highest BCUT2D eigenvalue weighted by atomic mass is 19.1. The second kappa shape index (κ2) is 10.2. The van der Waals surface area contributed by atoms with Gasteiger partial charge in [-0.25, -0.2) is 8.78 Å². The zero-order valence-corrected chi connectivity index (χ0v) is 12.8. The van der Waals surface area contributed by atoms with Gasteiger partial charge in [0.05, 0.1) is 12.2 Å². The minimum Gasteiger partial charge on any atom is -0.384 e. The molecule has 1 fully saturated rings. The van der Waals surface area contributed by atoms with Gasteiger partial charge in [-0.3, -0.25) is 4.39 Å². The Labute approximate surface area is 129 Å². The van der Waals surface area contributed by atoms with Crippen molar-refractivity contribution in [1.29, 1.82) is 5.26 Å². The Morgan fingerprint density at radius 1 is 1.18 bits per heavy atom. The fourth-order valence-corrected chi connectivity index (χ4v) is 2.66. The highest BCUT2D eigenvalue weighted by Gasteiger charge is 2.20. The number of benzene rings is 1. The van der Waals surface area contributed by atoms with Crippen molar-refractivity contribution in [3.05, 3.63) is 35.4 Å². The predicted octanol–water partition coefficient (Wildman–Crippen LogP) is 4.64. The second-order valence-electron chi connectivity index (χ2n) is 5.56. The number of methoxy groups -OCH3 is 1. The Hall–Kier alpha value is -1.54. The molecule has 1 aliphatic rings. The number of nitrogens with zero attached hydrogens (tertiary/aromatic N) is 1. The number of alkyl halides is 1. The van der Waals surface area contributed by atoms with Crippen molar-refractivity contribution in [3.63, 3.8) is 0 Å². The van der Waals surface area contributed by atoms with Gasteiger partial charge in [0.2, 0.25) is 0 Å². The lowest BCUT2D eigenvalue weighted by Gasteiger charge is -2.27. The zero-order chi connectivity index (χ0) is 16.4. The molecule has 1 saturated carbocycles. The van der Waals surface area contributed by atoms with Gasteiger partial charge in [0, 0.05) is 19.8 Å². The molecule has 0 saturated heterocycles. The highest BCUT2D eigenvalue weighted by Crippen LogP contribution is 2.30. The molecule has 0 atom stereocenters. The predicted molar refractivity (Wildman–Crippen MR) is 79.0 cm³/mol. The van der Waals surface area contributed by atoms with Gasteiger partial charge in [0.15, 0.2) is 0 Å². The third-order valence-corrected chi connectivity index (χ3v) is 3.94. The number of ether oxygens (including phenoxy) is 1. The van der Waals surface area contributed by atoms with Gasteiger partial charge in [-0.15, -0.1) is 0 Å². The summed E-state index contributed by atoms with van der Waals surface area (Å²) >= 11 is 0. The molecule has 0 amide bonds. The summed E-state index contributed by atoms with van der Waals surface area (Å²) in [5.41, 5.74) is -0.138. The monoisotopic (exact) mass is 313 g/mol. The molecule has 5 heteroatoms. The van der Waals surface area contributed by atoms with Gasteiger partial charge in [-0.1, -0.05) is 12.8 Å². The van der Waals surface area contributed by atoms with Crippen molar-refractivity contribution in [2.24, 2.45) is 11.8 Å². The standard InChI is InChI=1S/C10H19FO.C7H3F2N/c1-12-8-10-4-2-9(3-5-10)6-7-11;8-6-2-1-5(4-10)7(9)3-6/h9-10H,2-8H2,1H3;1-3H. The van der Waals surface area contributed by atoms with Crippen molar-refractivity contribution < 1.29 is 17.9 Å². The van der Waals surface area contributed by atoms with Crippen molar-refractivity contribution in [3.8, 4) is 6.07 Å². The van der Waals surface area contributed by atoms with Crippen LogP contribution in [0, 0.1) is 34.8 Å². The fourth-order valence-electron chi connectivity index (χ4n) is 2.66. The third-order valence-electron chi connectivity index (χ3n) is 3.94. The van der Waals surface area contributed by atoms with Gasteiger partial charge in [-0.05, 0) is 43.2 Å². The van der Waals surface area contributed by atoms with Crippen LogP contribution >= 0.6 is 0 Å². The molecule has 1 aromatic carbocycles. The van der Waals surface area contributed by atoms with E-state index < -0.39 is 11.6 Å². The molecule has 0 heterocycles. The van der Waals surface area contributed by atoms with Crippen molar-refractivity contribution in [2.45, 2.75) is 32.1 Å². The molecule has 0 spiro atoms. The lowest BCUT2D eigenvalue weighted by molar-refractivity contribution is 0.116. The van der Waals surface area contributed by atoms with E-state index in [1.165, 1.54) is 25.7 Å². The van der Waals surface area contributed by atoms with E-state index in [1.54, 1.807) is 13.2 Å². The number of nitriles is 1. The normalized spacial score (nSPS) is 20.7. The Balaban J connectivity index is 0.000000224. The van der Waals surface area contributed by atoms with Gasteiger partial charge in [-0.2, -0.15) is 5.26 Å². The first kappa shape index (κ1) is 18.5. The summed E-state index contributed by atoms with van der Waals surface area (Å²) in [5.74, 6) is -0.0898. The van der Waals surface area contributed by atoms with E-state index in [9.17, 15) is 13.2 Å². The number of hydrogen-bond acceptors (Lipinski definition) is 2. The molecule has 2 rings (SSSR count). The van der Waals surface area contributed by atoms with Gasteiger partial charge in [0.25, 0.3) is 0 Å². The maximum Gasteiger partial charge on any atom is 0.143 e. The topological polar surface area (TPSA) is 33.0 Å². The molecular weight excluding hydrogens is 291 g/mol. The van der Waals surface area contributed by atoms with Crippen LogP contribution in [0.3, 0.4) is 0 Å². The molecule has 122 valence electrons. The van der Waals surface area contributed by atoms with Crippen LogP contribution in [0.5, 0.6) is 0 Å². The minimum absolute atomic E-state index is 0.138. The number of rotatable bonds is 4. The van der Waals surface area contributed by atoms with Crippen LogP contribution in [0.4, 0.5) is 13.2 Å². The number of hydrogen-bond donors (Lipinski definition) is 0. The van der Waals surface area contributed by atoms with Crippen LogP contribution in [0.15, 0.2) is 18.2 Å². The number of halogens is 3. The summed E-state index contributed by atoms with van der Waals surface area (Å²) < 4.78 is 41.6.